The second-order valence-electron chi connectivity index (χ2n) is 17.9. The number of halogens is 8. The van der Waals surface area contributed by atoms with Gasteiger partial charge in [0.15, 0.2) is 0 Å². The molecule has 8 rings (SSSR count). The van der Waals surface area contributed by atoms with Gasteiger partial charge in [0.2, 0.25) is 0 Å². The third-order valence-corrected chi connectivity index (χ3v) is 12.9. The van der Waals surface area contributed by atoms with Gasteiger partial charge in [-0.15, -0.1) is 39.7 Å². The fourth-order valence-corrected chi connectivity index (χ4v) is 9.06. The van der Waals surface area contributed by atoms with Crippen molar-refractivity contribution in [3.05, 3.63) is 159 Å². The van der Waals surface area contributed by atoms with E-state index < -0.39 is 23.5 Å². The number of allylic oxidation sites excluding steroid dienone is 8. The minimum absolute atomic E-state index is 0. The average molecular weight is 939 g/mol. The van der Waals surface area contributed by atoms with E-state index in [1.165, 1.54) is 91.2 Å². The zero-order chi connectivity index (χ0) is 42.7. The van der Waals surface area contributed by atoms with Gasteiger partial charge in [0.25, 0.3) is 0 Å². The minimum Gasteiger partial charge on any atom is -1.00 e. The summed E-state index contributed by atoms with van der Waals surface area (Å²) in [5.41, 5.74) is 9.53. The molecule has 3 aliphatic carbocycles. The zero-order valence-electron chi connectivity index (χ0n) is 35.6. The largest absolute Gasteiger partial charge is 1.00 e. The van der Waals surface area contributed by atoms with Gasteiger partial charge in [-0.05, 0) is 36.1 Å². The SMILES string of the molecule is CC1=CC(C)(C)c2cc3[cH-]c4cc5c(cc4c3cc21)C(C)=CC5(C)C.CCC1[C-]=CC(C(C)(C)C)=C1.FC(F)(F)c1cccc([C](=[Zr+2])c2cccc(C(F)(F)F)c2)c1.[Cl-].[Cl-]. The molecule has 60 heavy (non-hydrogen) atoms. The Labute approximate surface area is 378 Å². The summed E-state index contributed by atoms with van der Waals surface area (Å²) in [6.07, 6.45) is 4.85. The van der Waals surface area contributed by atoms with Crippen molar-refractivity contribution < 1.29 is 75.4 Å². The van der Waals surface area contributed by atoms with E-state index >= 15 is 0 Å². The fourth-order valence-electron chi connectivity index (χ4n) is 8.30. The van der Waals surface area contributed by atoms with Crippen molar-refractivity contribution in [3.63, 3.8) is 0 Å². The standard InChI is InChI=1S/C25H25.C15H8F6.C11H17.2ClH.Zr/c1-14-12-24(3,4)22-8-16-7-17-9-23-19(15(2)13-25(23,5)6)11-21(17)20(16)10-18(14)22;16-14(17,18)12-5-1-3-10(8-12)7-11-4-2-6-13(9-11)15(19,20)21;1-5-9-6-7-10(8-9)11(2,3)4;;;/h7-13H,1-6H3;1-6,8-9H;7-9H,5H2,1-4H3;2*1H;/q-1;;-1;;;+2/p-2. The summed E-state index contributed by atoms with van der Waals surface area (Å²) in [7, 11) is 0. The molecule has 3 aliphatic rings. The van der Waals surface area contributed by atoms with E-state index in [-0.39, 0.29) is 46.8 Å². The monoisotopic (exact) mass is 936 g/mol. The normalized spacial score (nSPS) is 17.2. The van der Waals surface area contributed by atoms with Gasteiger partial charge in [-0.2, -0.15) is 11.6 Å². The molecule has 0 spiro atoms. The summed E-state index contributed by atoms with van der Waals surface area (Å²) >= 11 is 0.729. The van der Waals surface area contributed by atoms with Crippen LogP contribution in [-0.2, 0) is 47.4 Å². The smallest absolute Gasteiger partial charge is 1.00 e. The molecular formula is C51H50Cl2F6Zr-2. The maximum atomic E-state index is 12.7. The molecule has 316 valence electrons. The second kappa shape index (κ2) is 17.8. The van der Waals surface area contributed by atoms with Crippen molar-refractivity contribution in [2.24, 2.45) is 11.3 Å². The number of hydrogen-bond donors (Lipinski definition) is 0. The van der Waals surface area contributed by atoms with Crippen molar-refractivity contribution in [2.45, 2.75) is 98.8 Å². The maximum Gasteiger partial charge on any atom is -1.00 e. The molecule has 0 fully saturated rings. The second-order valence-corrected chi connectivity index (χ2v) is 19.2. The molecule has 5 aromatic carbocycles. The molecule has 0 aromatic heterocycles. The van der Waals surface area contributed by atoms with Gasteiger partial charge in [0.05, 0.1) is 0 Å². The molecule has 0 saturated carbocycles. The van der Waals surface area contributed by atoms with E-state index in [0.717, 1.165) is 48.5 Å². The van der Waals surface area contributed by atoms with E-state index in [2.05, 4.69) is 130 Å². The molecule has 0 heterocycles. The summed E-state index contributed by atoms with van der Waals surface area (Å²) in [6, 6.07) is 21.3. The molecule has 0 saturated heterocycles. The molecule has 1 unspecified atom stereocenters. The van der Waals surface area contributed by atoms with E-state index in [1.807, 2.05) is 0 Å². The summed E-state index contributed by atoms with van der Waals surface area (Å²) in [6.45, 7) is 22.7. The van der Waals surface area contributed by atoms with Crippen molar-refractivity contribution in [3.8, 4) is 0 Å². The third-order valence-electron chi connectivity index (χ3n) is 11.5. The zero-order valence-corrected chi connectivity index (χ0v) is 39.6. The van der Waals surface area contributed by atoms with Crippen LogP contribution in [0.5, 0.6) is 0 Å². The first kappa shape index (κ1) is 49.3. The Balaban J connectivity index is 0.000000209. The Hall–Kier alpha value is -3.38. The first-order valence-electron chi connectivity index (χ1n) is 19.7. The van der Waals surface area contributed by atoms with Gasteiger partial charge in [-0.25, -0.2) is 6.08 Å². The van der Waals surface area contributed by atoms with E-state index in [4.69, 9.17) is 0 Å². The summed E-state index contributed by atoms with van der Waals surface area (Å²) in [5.74, 6) is 0.573. The first-order chi connectivity index (χ1) is 26.8. The Morgan fingerprint density at radius 1 is 0.683 bits per heavy atom. The number of alkyl halides is 6. The molecule has 0 amide bonds. The number of rotatable bonds is 3. The summed E-state index contributed by atoms with van der Waals surface area (Å²) < 4.78 is 76.7. The van der Waals surface area contributed by atoms with Gasteiger partial charge in [0.1, 0.15) is 0 Å². The van der Waals surface area contributed by atoms with Crippen LogP contribution in [0.25, 0.3) is 32.7 Å². The van der Waals surface area contributed by atoms with Crippen LogP contribution >= 0.6 is 0 Å². The van der Waals surface area contributed by atoms with Gasteiger partial charge < -0.3 is 24.8 Å². The average Bonchev–Trinajstić information content (AvgIpc) is 3.88. The molecule has 0 aliphatic heterocycles. The van der Waals surface area contributed by atoms with Crippen LogP contribution in [0.15, 0.2) is 109 Å². The van der Waals surface area contributed by atoms with Crippen LogP contribution < -0.4 is 24.8 Å². The quantitative estimate of drug-likeness (QED) is 0.125. The van der Waals surface area contributed by atoms with Gasteiger partial charge in [-0.3, -0.25) is 6.08 Å². The van der Waals surface area contributed by atoms with Crippen LogP contribution in [0.3, 0.4) is 0 Å². The number of fused-ring (bicyclic) bond motifs is 5. The molecule has 0 bridgehead atoms. The van der Waals surface area contributed by atoms with Crippen molar-refractivity contribution in [2.75, 3.05) is 0 Å². The molecule has 9 heteroatoms. The Morgan fingerprint density at radius 2 is 1.10 bits per heavy atom. The number of benzene rings is 4. The fraction of sp³-hybridized carbons (Fsp3) is 0.333. The van der Waals surface area contributed by atoms with Crippen LogP contribution in [-0.4, -0.2) is 3.21 Å². The number of hydrogen-bond acceptors (Lipinski definition) is 0. The predicted molar refractivity (Wildman–Crippen MR) is 226 cm³/mol. The van der Waals surface area contributed by atoms with Crippen LogP contribution in [0.2, 0.25) is 0 Å². The van der Waals surface area contributed by atoms with Crippen LogP contribution in [0.1, 0.15) is 120 Å². The minimum atomic E-state index is -4.49. The molecule has 5 aromatic rings. The molecule has 0 N–H and O–H groups in total. The molecular weight excluding hydrogens is 889 g/mol. The van der Waals surface area contributed by atoms with Gasteiger partial charge in [0, 0.05) is 10.8 Å². The summed E-state index contributed by atoms with van der Waals surface area (Å²) in [5, 5.41) is 5.57. The van der Waals surface area contributed by atoms with Crippen molar-refractivity contribution in [1.82, 2.24) is 0 Å². The van der Waals surface area contributed by atoms with Gasteiger partial charge >= 0.3 is 137 Å². The van der Waals surface area contributed by atoms with Crippen LogP contribution in [0.4, 0.5) is 26.3 Å². The molecule has 1 atom stereocenters. The molecule has 0 nitrogen and oxygen atoms in total. The van der Waals surface area contributed by atoms with Crippen LogP contribution in [0, 0.1) is 17.4 Å². The Morgan fingerprint density at radius 3 is 1.43 bits per heavy atom. The predicted octanol–water partition coefficient (Wildman–Crippen LogP) is 9.31. The Bertz CT molecular complexity index is 2400. The van der Waals surface area contributed by atoms with E-state index in [1.54, 1.807) is 0 Å². The van der Waals surface area contributed by atoms with E-state index in [9.17, 15) is 26.3 Å². The van der Waals surface area contributed by atoms with Gasteiger partial charge in [-0.1, -0.05) is 109 Å². The Kier molecular flexibility index (Phi) is 14.6. The molecule has 0 radical (unpaired) electrons. The van der Waals surface area contributed by atoms with E-state index in [0.29, 0.717) is 14.5 Å². The topological polar surface area (TPSA) is 0 Å². The van der Waals surface area contributed by atoms with Crippen molar-refractivity contribution >= 4 is 35.9 Å². The van der Waals surface area contributed by atoms with Crippen molar-refractivity contribution in [1.29, 1.82) is 0 Å². The first-order valence-corrected chi connectivity index (χ1v) is 20.9. The maximum absolute atomic E-state index is 12.7. The summed E-state index contributed by atoms with van der Waals surface area (Å²) in [4.78, 5) is 0. The third kappa shape index (κ3) is 10.3.